The monoisotopic (exact) mass is 302 g/mol. The molecule has 0 spiro atoms. The van der Waals surface area contributed by atoms with Crippen LogP contribution in [0.5, 0.6) is 5.75 Å². The largest absolute Gasteiger partial charge is 0.508 e. The van der Waals surface area contributed by atoms with Crippen molar-refractivity contribution in [1.82, 2.24) is 0 Å². The minimum atomic E-state index is -0.950. The molecule has 3 aromatic carbocycles. The lowest BCUT2D eigenvalue weighted by Gasteiger charge is -2.30. The second-order valence-electron chi connectivity index (χ2n) is 5.70. The average Bonchev–Trinajstić information content (AvgIpc) is 2.62. The predicted molar refractivity (Wildman–Crippen MR) is 91.8 cm³/mol. The molecule has 0 radical (unpaired) electrons. The molecule has 0 saturated carbocycles. The highest BCUT2D eigenvalue weighted by molar-refractivity contribution is 6.06. The number of hydrogen-bond donors (Lipinski definition) is 1. The third kappa shape index (κ3) is 2.64. The Morgan fingerprint density at radius 3 is 1.91 bits per heavy atom. The van der Waals surface area contributed by atoms with Gasteiger partial charge in [0.25, 0.3) is 0 Å². The van der Waals surface area contributed by atoms with Crippen molar-refractivity contribution < 1.29 is 9.90 Å². The first-order valence-corrected chi connectivity index (χ1v) is 7.58. The number of phenolic OH excluding ortho intramolecular Hbond substituents is 1. The van der Waals surface area contributed by atoms with E-state index < -0.39 is 5.41 Å². The number of rotatable bonds is 4. The zero-order chi connectivity index (χ0) is 16.3. The normalized spacial score (nSPS) is 13.3. The topological polar surface area (TPSA) is 37.3 Å². The molecular weight excluding hydrogens is 284 g/mol. The van der Waals surface area contributed by atoms with Gasteiger partial charge in [0.15, 0.2) is 5.78 Å². The molecule has 1 N–H and O–H groups in total. The number of phenols is 1. The van der Waals surface area contributed by atoms with Gasteiger partial charge < -0.3 is 5.11 Å². The van der Waals surface area contributed by atoms with E-state index in [4.69, 9.17) is 0 Å². The van der Waals surface area contributed by atoms with Crippen LogP contribution < -0.4 is 0 Å². The Kier molecular flexibility index (Phi) is 3.98. The van der Waals surface area contributed by atoms with E-state index in [1.807, 2.05) is 79.7 Å². The molecule has 1 unspecified atom stereocenters. The summed E-state index contributed by atoms with van der Waals surface area (Å²) in [5.74, 6) is 0.0916. The van der Waals surface area contributed by atoms with Gasteiger partial charge in [0.2, 0.25) is 0 Å². The van der Waals surface area contributed by atoms with Gasteiger partial charge in [-0.25, -0.2) is 0 Å². The van der Waals surface area contributed by atoms with Crippen LogP contribution in [0.1, 0.15) is 28.4 Å². The fourth-order valence-corrected chi connectivity index (χ4v) is 2.96. The number of para-hydroxylation sites is 1. The lowest BCUT2D eigenvalue weighted by atomic mass is 9.71. The fraction of sp³-hybridized carbons (Fsp3) is 0.0952. The molecule has 2 heteroatoms. The van der Waals surface area contributed by atoms with Gasteiger partial charge >= 0.3 is 0 Å². The molecule has 1 atom stereocenters. The lowest BCUT2D eigenvalue weighted by molar-refractivity contribution is 0.0921. The molecule has 0 fully saturated rings. The number of ketones is 1. The van der Waals surface area contributed by atoms with Gasteiger partial charge in [0.05, 0.1) is 5.41 Å². The summed E-state index contributed by atoms with van der Waals surface area (Å²) >= 11 is 0. The van der Waals surface area contributed by atoms with Crippen molar-refractivity contribution in [3.05, 3.63) is 102 Å². The van der Waals surface area contributed by atoms with Crippen molar-refractivity contribution in [2.24, 2.45) is 0 Å². The Labute approximate surface area is 136 Å². The summed E-state index contributed by atoms with van der Waals surface area (Å²) in [6.07, 6.45) is 0. The van der Waals surface area contributed by atoms with Crippen molar-refractivity contribution in [3.8, 4) is 5.75 Å². The summed E-state index contributed by atoms with van der Waals surface area (Å²) < 4.78 is 0. The summed E-state index contributed by atoms with van der Waals surface area (Å²) in [4.78, 5) is 13.3. The Morgan fingerprint density at radius 2 is 1.30 bits per heavy atom. The second kappa shape index (κ2) is 6.09. The third-order valence-electron chi connectivity index (χ3n) is 4.28. The third-order valence-corrected chi connectivity index (χ3v) is 4.28. The zero-order valence-electron chi connectivity index (χ0n) is 12.9. The maximum absolute atomic E-state index is 13.3. The molecule has 0 aliphatic rings. The molecule has 0 aromatic heterocycles. The Balaban J connectivity index is 2.23. The molecule has 2 nitrogen and oxygen atoms in total. The maximum Gasteiger partial charge on any atom is 0.177 e. The van der Waals surface area contributed by atoms with E-state index in [-0.39, 0.29) is 11.5 Å². The van der Waals surface area contributed by atoms with Crippen molar-refractivity contribution in [2.75, 3.05) is 0 Å². The summed E-state index contributed by atoms with van der Waals surface area (Å²) in [7, 11) is 0. The minimum Gasteiger partial charge on any atom is -0.508 e. The molecule has 0 amide bonds. The van der Waals surface area contributed by atoms with Crippen LogP contribution in [0.4, 0.5) is 0 Å². The SMILES string of the molecule is CC(C(=O)c1ccccc1)(c1ccccc1)c1ccccc1O. The number of benzene rings is 3. The summed E-state index contributed by atoms with van der Waals surface area (Å²) in [5.41, 5.74) is 1.14. The number of carbonyl (C=O) groups excluding carboxylic acids is 1. The first kappa shape index (κ1) is 15.0. The fourth-order valence-electron chi connectivity index (χ4n) is 2.96. The zero-order valence-corrected chi connectivity index (χ0v) is 12.9. The minimum absolute atomic E-state index is 0.0363. The highest BCUT2D eigenvalue weighted by Crippen LogP contribution is 2.39. The van der Waals surface area contributed by atoms with E-state index in [2.05, 4.69) is 0 Å². The standard InChI is InChI=1S/C21H18O2/c1-21(17-12-6-3-7-13-17,18-14-8-9-15-19(18)22)20(23)16-10-4-2-5-11-16/h2-15,22H,1H3. The van der Waals surface area contributed by atoms with Gasteiger partial charge in [-0.05, 0) is 18.6 Å². The molecule has 3 aromatic rings. The predicted octanol–water partition coefficient (Wildman–Crippen LogP) is 4.58. The van der Waals surface area contributed by atoms with Crippen molar-refractivity contribution in [2.45, 2.75) is 12.3 Å². The molecule has 0 aliphatic heterocycles. The van der Waals surface area contributed by atoms with E-state index in [0.29, 0.717) is 11.1 Å². The first-order chi connectivity index (χ1) is 11.1. The van der Waals surface area contributed by atoms with Crippen LogP contribution in [0.15, 0.2) is 84.9 Å². The summed E-state index contributed by atoms with van der Waals surface area (Å²) in [6.45, 7) is 1.87. The van der Waals surface area contributed by atoms with Gasteiger partial charge in [-0.1, -0.05) is 78.9 Å². The van der Waals surface area contributed by atoms with E-state index in [0.717, 1.165) is 5.56 Å². The smallest absolute Gasteiger partial charge is 0.177 e. The lowest BCUT2D eigenvalue weighted by Crippen LogP contribution is -2.34. The van der Waals surface area contributed by atoms with Crippen LogP contribution in [-0.4, -0.2) is 10.9 Å². The summed E-state index contributed by atoms with van der Waals surface area (Å²) in [5, 5.41) is 10.4. The second-order valence-corrected chi connectivity index (χ2v) is 5.70. The van der Waals surface area contributed by atoms with Crippen LogP contribution in [0.3, 0.4) is 0 Å². The quantitative estimate of drug-likeness (QED) is 0.716. The Hall–Kier alpha value is -2.87. The van der Waals surface area contributed by atoms with E-state index in [9.17, 15) is 9.90 Å². The van der Waals surface area contributed by atoms with Crippen LogP contribution in [0.2, 0.25) is 0 Å². The van der Waals surface area contributed by atoms with E-state index in [1.54, 1.807) is 12.1 Å². The summed E-state index contributed by atoms with van der Waals surface area (Å²) in [6, 6.07) is 25.8. The molecule has 0 saturated heterocycles. The maximum atomic E-state index is 13.3. The molecule has 3 rings (SSSR count). The number of carbonyl (C=O) groups is 1. The Bertz CT molecular complexity index is 810. The van der Waals surface area contributed by atoms with Gasteiger partial charge in [0, 0.05) is 11.1 Å². The van der Waals surface area contributed by atoms with E-state index >= 15 is 0 Å². The molecular formula is C21H18O2. The van der Waals surface area contributed by atoms with E-state index in [1.165, 1.54) is 0 Å². The number of aromatic hydroxyl groups is 1. The average molecular weight is 302 g/mol. The van der Waals surface area contributed by atoms with Gasteiger partial charge in [0.1, 0.15) is 5.75 Å². The van der Waals surface area contributed by atoms with Crippen molar-refractivity contribution >= 4 is 5.78 Å². The number of Topliss-reactive ketones (excluding diaryl/α,β-unsaturated/α-hetero) is 1. The molecule has 0 bridgehead atoms. The molecule has 114 valence electrons. The van der Waals surface area contributed by atoms with Crippen LogP contribution in [0, 0.1) is 0 Å². The van der Waals surface area contributed by atoms with Gasteiger partial charge in [-0.15, -0.1) is 0 Å². The highest BCUT2D eigenvalue weighted by Gasteiger charge is 2.39. The molecule has 0 heterocycles. The first-order valence-electron chi connectivity index (χ1n) is 7.58. The van der Waals surface area contributed by atoms with Crippen molar-refractivity contribution in [3.63, 3.8) is 0 Å². The van der Waals surface area contributed by atoms with Gasteiger partial charge in [-0.2, -0.15) is 0 Å². The Morgan fingerprint density at radius 1 is 0.783 bits per heavy atom. The van der Waals surface area contributed by atoms with Crippen LogP contribution >= 0.6 is 0 Å². The highest BCUT2D eigenvalue weighted by atomic mass is 16.3. The van der Waals surface area contributed by atoms with Crippen molar-refractivity contribution in [1.29, 1.82) is 0 Å². The molecule has 0 aliphatic carbocycles. The van der Waals surface area contributed by atoms with Gasteiger partial charge in [-0.3, -0.25) is 4.79 Å². The van der Waals surface area contributed by atoms with Crippen LogP contribution in [-0.2, 0) is 5.41 Å². The van der Waals surface area contributed by atoms with Crippen LogP contribution in [0.25, 0.3) is 0 Å². The number of hydrogen-bond acceptors (Lipinski definition) is 2. The molecule has 23 heavy (non-hydrogen) atoms.